The molecule has 1 aromatic carbocycles. The first kappa shape index (κ1) is 12.5. The lowest BCUT2D eigenvalue weighted by atomic mass is 10.0. The summed E-state index contributed by atoms with van der Waals surface area (Å²) in [5.41, 5.74) is 1.26. The van der Waals surface area contributed by atoms with Gasteiger partial charge in [-0.2, -0.15) is 0 Å². The van der Waals surface area contributed by atoms with Gasteiger partial charge in [0.1, 0.15) is 0 Å². The normalized spacial score (nSPS) is 15.3. The summed E-state index contributed by atoms with van der Waals surface area (Å²) in [4.78, 5) is 0. The van der Waals surface area contributed by atoms with E-state index in [0.29, 0.717) is 12.5 Å². The number of hydrogen-bond acceptors (Lipinski definition) is 2. The van der Waals surface area contributed by atoms with Crippen molar-refractivity contribution < 1.29 is 9.09 Å². The third-order valence-corrected chi connectivity index (χ3v) is 4.39. The van der Waals surface area contributed by atoms with Crippen molar-refractivity contribution in [3.8, 4) is 0 Å². The second kappa shape index (κ2) is 4.96. The third-order valence-electron chi connectivity index (χ3n) is 2.40. The topological polar surface area (TPSA) is 26.3 Å². The molecule has 3 heteroatoms. The van der Waals surface area contributed by atoms with Crippen molar-refractivity contribution in [1.29, 1.82) is 0 Å². The molecule has 15 heavy (non-hydrogen) atoms. The summed E-state index contributed by atoms with van der Waals surface area (Å²) in [6, 6.07) is 7.86. The summed E-state index contributed by atoms with van der Waals surface area (Å²) in [5.74, 6) is 0.502. The Morgan fingerprint density at radius 2 is 1.80 bits per heavy atom. The number of rotatable bonds is 4. The largest absolute Gasteiger partial charge is 0.326 e. The van der Waals surface area contributed by atoms with Crippen LogP contribution in [0.1, 0.15) is 32.3 Å². The van der Waals surface area contributed by atoms with Gasteiger partial charge in [0.05, 0.1) is 6.61 Å². The Balaban J connectivity index is 2.93. The maximum absolute atomic E-state index is 12.1. The van der Waals surface area contributed by atoms with E-state index in [1.165, 1.54) is 5.56 Å². The van der Waals surface area contributed by atoms with E-state index >= 15 is 0 Å². The average molecular weight is 226 g/mol. The van der Waals surface area contributed by atoms with Crippen molar-refractivity contribution in [2.75, 3.05) is 13.3 Å². The van der Waals surface area contributed by atoms with Gasteiger partial charge in [0.2, 0.25) is 7.37 Å². The highest BCUT2D eigenvalue weighted by atomic mass is 31.2. The standard InChI is InChI=1S/C12H19O2P/c1-5-14-15(4,13)12-8-6-11(7-9-12)10(2)3/h6-10H,5H2,1-4H3. The van der Waals surface area contributed by atoms with Gasteiger partial charge in [-0.1, -0.05) is 26.0 Å². The van der Waals surface area contributed by atoms with Crippen LogP contribution in [0.4, 0.5) is 0 Å². The van der Waals surface area contributed by atoms with Crippen molar-refractivity contribution in [3.63, 3.8) is 0 Å². The van der Waals surface area contributed by atoms with Gasteiger partial charge in [-0.05, 0) is 30.5 Å². The van der Waals surface area contributed by atoms with Crippen molar-refractivity contribution >= 4 is 12.7 Å². The Morgan fingerprint density at radius 3 is 2.20 bits per heavy atom. The van der Waals surface area contributed by atoms with E-state index in [0.717, 1.165) is 5.30 Å². The van der Waals surface area contributed by atoms with Gasteiger partial charge < -0.3 is 4.52 Å². The Hall–Kier alpha value is -0.590. The molecule has 1 atom stereocenters. The summed E-state index contributed by atoms with van der Waals surface area (Å²) in [5, 5.41) is 0.800. The fourth-order valence-corrected chi connectivity index (χ4v) is 2.78. The zero-order valence-corrected chi connectivity index (χ0v) is 10.8. The lowest BCUT2D eigenvalue weighted by Crippen LogP contribution is -2.06. The van der Waals surface area contributed by atoms with Crippen molar-refractivity contribution in [1.82, 2.24) is 0 Å². The van der Waals surface area contributed by atoms with Crippen LogP contribution in [0.5, 0.6) is 0 Å². The highest BCUT2D eigenvalue weighted by Gasteiger charge is 2.17. The van der Waals surface area contributed by atoms with Crippen LogP contribution < -0.4 is 5.30 Å². The maximum Gasteiger partial charge on any atom is 0.229 e. The van der Waals surface area contributed by atoms with Crippen molar-refractivity contribution in [3.05, 3.63) is 29.8 Å². The summed E-state index contributed by atoms with van der Waals surface area (Å²) >= 11 is 0. The fourth-order valence-electron chi connectivity index (χ4n) is 1.45. The van der Waals surface area contributed by atoms with Gasteiger partial charge >= 0.3 is 0 Å². The van der Waals surface area contributed by atoms with Gasteiger partial charge in [0, 0.05) is 12.0 Å². The Bertz CT molecular complexity index is 354. The molecule has 0 N–H and O–H groups in total. The molecule has 1 unspecified atom stereocenters. The van der Waals surface area contributed by atoms with Crippen molar-refractivity contribution in [2.45, 2.75) is 26.7 Å². The van der Waals surface area contributed by atoms with Crippen molar-refractivity contribution in [2.24, 2.45) is 0 Å². The first-order valence-electron chi connectivity index (χ1n) is 5.30. The average Bonchev–Trinajstić information content (AvgIpc) is 2.18. The van der Waals surface area contributed by atoms with E-state index in [1.54, 1.807) is 6.66 Å². The fraction of sp³-hybridized carbons (Fsp3) is 0.500. The Morgan fingerprint density at radius 1 is 1.27 bits per heavy atom. The molecule has 0 bridgehead atoms. The van der Waals surface area contributed by atoms with Gasteiger partial charge in [-0.25, -0.2) is 0 Å². The van der Waals surface area contributed by atoms with Gasteiger partial charge in [0.25, 0.3) is 0 Å². The molecule has 0 aliphatic heterocycles. The molecule has 2 nitrogen and oxygen atoms in total. The number of hydrogen-bond donors (Lipinski definition) is 0. The van der Waals surface area contributed by atoms with E-state index in [9.17, 15) is 4.57 Å². The molecule has 0 aromatic heterocycles. The molecular formula is C12H19O2P. The first-order chi connectivity index (χ1) is 6.97. The SMILES string of the molecule is CCOP(C)(=O)c1ccc(C(C)C)cc1. The van der Waals surface area contributed by atoms with E-state index in [2.05, 4.69) is 13.8 Å². The highest BCUT2D eigenvalue weighted by Crippen LogP contribution is 2.41. The van der Waals surface area contributed by atoms with Gasteiger partial charge in [0.15, 0.2) is 0 Å². The maximum atomic E-state index is 12.1. The molecule has 84 valence electrons. The number of benzene rings is 1. The quantitative estimate of drug-likeness (QED) is 0.736. The minimum atomic E-state index is -2.59. The van der Waals surface area contributed by atoms with Crippen LogP contribution in [0.3, 0.4) is 0 Å². The molecule has 1 rings (SSSR count). The molecule has 0 saturated carbocycles. The molecule has 0 saturated heterocycles. The summed E-state index contributed by atoms with van der Waals surface area (Å²) in [6.45, 7) is 8.30. The second-order valence-electron chi connectivity index (χ2n) is 4.01. The van der Waals surface area contributed by atoms with Crippen LogP contribution in [0.2, 0.25) is 0 Å². The van der Waals surface area contributed by atoms with Gasteiger partial charge in [-0.15, -0.1) is 0 Å². The van der Waals surface area contributed by atoms with Crippen LogP contribution in [-0.2, 0) is 9.09 Å². The summed E-state index contributed by atoms with van der Waals surface area (Å²) in [7, 11) is -2.59. The Kier molecular flexibility index (Phi) is 4.12. The van der Waals surface area contributed by atoms with E-state index in [1.807, 2.05) is 31.2 Å². The zero-order chi connectivity index (χ0) is 11.5. The molecule has 0 fully saturated rings. The molecule has 0 amide bonds. The predicted octanol–water partition coefficient (Wildman–Crippen LogP) is 3.38. The molecule has 0 aliphatic carbocycles. The van der Waals surface area contributed by atoms with E-state index in [-0.39, 0.29) is 0 Å². The molecular weight excluding hydrogens is 207 g/mol. The van der Waals surface area contributed by atoms with Crippen LogP contribution in [0.15, 0.2) is 24.3 Å². The Labute approximate surface area is 92.1 Å². The molecule has 1 aromatic rings. The molecule has 0 radical (unpaired) electrons. The summed E-state index contributed by atoms with van der Waals surface area (Å²) < 4.78 is 17.3. The molecule has 0 spiro atoms. The molecule has 0 heterocycles. The highest BCUT2D eigenvalue weighted by molar-refractivity contribution is 7.66. The van der Waals surface area contributed by atoms with Gasteiger partial charge in [-0.3, -0.25) is 4.57 Å². The lowest BCUT2D eigenvalue weighted by molar-refractivity contribution is 0.345. The first-order valence-corrected chi connectivity index (χ1v) is 7.37. The van der Waals surface area contributed by atoms with Crippen LogP contribution >= 0.6 is 7.37 Å². The third kappa shape index (κ3) is 3.19. The van der Waals surface area contributed by atoms with Crippen LogP contribution in [0.25, 0.3) is 0 Å². The second-order valence-corrected chi connectivity index (χ2v) is 6.48. The minimum absolute atomic E-state index is 0.486. The summed E-state index contributed by atoms with van der Waals surface area (Å²) in [6.07, 6.45) is 0. The van der Waals surface area contributed by atoms with Crippen LogP contribution in [0, 0.1) is 0 Å². The lowest BCUT2D eigenvalue weighted by Gasteiger charge is -2.13. The predicted molar refractivity (Wildman–Crippen MR) is 65.3 cm³/mol. The zero-order valence-electron chi connectivity index (χ0n) is 9.86. The van der Waals surface area contributed by atoms with Crippen LogP contribution in [-0.4, -0.2) is 13.3 Å². The minimum Gasteiger partial charge on any atom is -0.326 e. The van der Waals surface area contributed by atoms with E-state index < -0.39 is 7.37 Å². The monoisotopic (exact) mass is 226 g/mol. The molecule has 0 aliphatic rings. The van der Waals surface area contributed by atoms with E-state index in [4.69, 9.17) is 4.52 Å². The smallest absolute Gasteiger partial charge is 0.229 e.